The smallest absolute Gasteiger partial charge is 0.132 e. The van der Waals surface area contributed by atoms with Crippen molar-refractivity contribution in [3.63, 3.8) is 0 Å². The van der Waals surface area contributed by atoms with Gasteiger partial charge in [-0.15, -0.1) is 0 Å². The lowest BCUT2D eigenvalue weighted by Crippen LogP contribution is -2.03. The zero-order valence-corrected chi connectivity index (χ0v) is 10.9. The molecule has 0 bridgehead atoms. The summed E-state index contributed by atoms with van der Waals surface area (Å²) in [5.41, 5.74) is 7.45. The number of halogens is 1. The van der Waals surface area contributed by atoms with Gasteiger partial charge in [-0.05, 0) is 30.2 Å². The molecule has 4 heteroatoms. The Labute approximate surface area is 112 Å². The SMILES string of the molecule is CCc1ccccc1OCc1nc(N)ccc1Cl. The number of hydrogen-bond acceptors (Lipinski definition) is 3. The highest BCUT2D eigenvalue weighted by Gasteiger charge is 2.06. The fourth-order valence-electron chi connectivity index (χ4n) is 1.69. The molecular weight excluding hydrogens is 248 g/mol. The second-order valence-electron chi connectivity index (χ2n) is 3.91. The van der Waals surface area contributed by atoms with Crippen LogP contribution in [0.2, 0.25) is 5.02 Å². The number of ether oxygens (including phenoxy) is 1. The molecule has 2 rings (SSSR count). The standard InChI is InChI=1S/C14H15ClN2O/c1-2-10-5-3-4-6-13(10)18-9-12-11(15)7-8-14(16)17-12/h3-8H,2,9H2,1H3,(H2,16,17). The minimum atomic E-state index is 0.320. The van der Waals surface area contributed by atoms with Gasteiger partial charge >= 0.3 is 0 Å². The Kier molecular flexibility index (Phi) is 4.05. The molecule has 0 aliphatic rings. The summed E-state index contributed by atoms with van der Waals surface area (Å²) in [6.07, 6.45) is 0.925. The zero-order chi connectivity index (χ0) is 13.0. The first-order valence-electron chi connectivity index (χ1n) is 5.82. The summed E-state index contributed by atoms with van der Waals surface area (Å²) >= 11 is 6.04. The molecular formula is C14H15ClN2O. The van der Waals surface area contributed by atoms with E-state index in [1.54, 1.807) is 12.1 Å². The molecule has 0 saturated carbocycles. The van der Waals surface area contributed by atoms with E-state index in [1.165, 1.54) is 0 Å². The van der Waals surface area contributed by atoms with Crippen molar-refractivity contribution in [3.05, 3.63) is 52.7 Å². The number of para-hydroxylation sites is 1. The minimum absolute atomic E-state index is 0.320. The van der Waals surface area contributed by atoms with E-state index in [2.05, 4.69) is 11.9 Å². The Hall–Kier alpha value is -1.74. The van der Waals surface area contributed by atoms with Crippen molar-refractivity contribution in [3.8, 4) is 5.75 Å². The van der Waals surface area contributed by atoms with Gasteiger partial charge in [0, 0.05) is 0 Å². The van der Waals surface area contributed by atoms with Gasteiger partial charge in [-0.25, -0.2) is 4.98 Å². The van der Waals surface area contributed by atoms with Gasteiger partial charge in [0.25, 0.3) is 0 Å². The molecule has 1 aromatic carbocycles. The molecule has 0 radical (unpaired) electrons. The molecule has 1 aromatic heterocycles. The molecule has 0 unspecified atom stereocenters. The monoisotopic (exact) mass is 262 g/mol. The number of pyridine rings is 1. The molecule has 0 saturated heterocycles. The van der Waals surface area contributed by atoms with Crippen molar-refractivity contribution < 1.29 is 4.74 Å². The van der Waals surface area contributed by atoms with E-state index in [0.29, 0.717) is 23.1 Å². The second-order valence-corrected chi connectivity index (χ2v) is 4.32. The van der Waals surface area contributed by atoms with Crippen molar-refractivity contribution >= 4 is 17.4 Å². The second kappa shape index (κ2) is 5.74. The Morgan fingerprint density at radius 2 is 2.00 bits per heavy atom. The number of hydrogen-bond donors (Lipinski definition) is 1. The molecule has 0 aliphatic carbocycles. The van der Waals surface area contributed by atoms with Crippen LogP contribution in [0.25, 0.3) is 0 Å². The maximum Gasteiger partial charge on any atom is 0.132 e. The van der Waals surface area contributed by atoms with Crippen LogP contribution >= 0.6 is 11.6 Å². The highest BCUT2D eigenvalue weighted by atomic mass is 35.5. The molecule has 0 amide bonds. The molecule has 3 nitrogen and oxygen atoms in total. The van der Waals surface area contributed by atoms with Gasteiger partial charge in [0.1, 0.15) is 18.2 Å². The molecule has 0 aliphatic heterocycles. The number of benzene rings is 1. The third-order valence-electron chi connectivity index (χ3n) is 2.66. The molecule has 2 aromatic rings. The number of aryl methyl sites for hydroxylation is 1. The zero-order valence-electron chi connectivity index (χ0n) is 10.2. The number of nitrogen functional groups attached to an aromatic ring is 1. The number of rotatable bonds is 4. The third-order valence-corrected chi connectivity index (χ3v) is 3.00. The maximum absolute atomic E-state index is 6.04. The van der Waals surface area contributed by atoms with Crippen molar-refractivity contribution in [2.75, 3.05) is 5.73 Å². The normalized spacial score (nSPS) is 10.3. The van der Waals surface area contributed by atoms with Crippen molar-refractivity contribution in [1.29, 1.82) is 0 Å². The van der Waals surface area contributed by atoms with Crippen LogP contribution in [0.1, 0.15) is 18.2 Å². The van der Waals surface area contributed by atoms with E-state index in [1.807, 2.05) is 24.3 Å². The molecule has 1 heterocycles. The van der Waals surface area contributed by atoms with Crippen LogP contribution in [0.15, 0.2) is 36.4 Å². The molecule has 0 spiro atoms. The molecule has 0 atom stereocenters. The largest absolute Gasteiger partial charge is 0.487 e. The van der Waals surface area contributed by atoms with Gasteiger partial charge in [0.05, 0.1) is 10.7 Å². The number of nitrogens with two attached hydrogens (primary N) is 1. The van der Waals surface area contributed by atoms with Crippen LogP contribution in [0, 0.1) is 0 Å². The quantitative estimate of drug-likeness (QED) is 0.918. The first-order valence-corrected chi connectivity index (χ1v) is 6.20. The summed E-state index contributed by atoms with van der Waals surface area (Å²) in [6.45, 7) is 2.41. The van der Waals surface area contributed by atoms with E-state index in [4.69, 9.17) is 22.1 Å². The van der Waals surface area contributed by atoms with Gasteiger partial charge in [-0.3, -0.25) is 0 Å². The van der Waals surface area contributed by atoms with Crippen LogP contribution < -0.4 is 10.5 Å². The van der Waals surface area contributed by atoms with Gasteiger partial charge < -0.3 is 10.5 Å². The molecule has 94 valence electrons. The van der Waals surface area contributed by atoms with Gasteiger partial charge in [-0.2, -0.15) is 0 Å². The Balaban J connectivity index is 2.14. The van der Waals surface area contributed by atoms with Crippen molar-refractivity contribution in [1.82, 2.24) is 4.98 Å². The van der Waals surface area contributed by atoms with E-state index in [0.717, 1.165) is 17.7 Å². The minimum Gasteiger partial charge on any atom is -0.487 e. The summed E-state index contributed by atoms with van der Waals surface area (Å²) < 4.78 is 5.75. The third kappa shape index (κ3) is 2.93. The topological polar surface area (TPSA) is 48.1 Å². The summed E-state index contributed by atoms with van der Waals surface area (Å²) in [7, 11) is 0. The fraction of sp³-hybridized carbons (Fsp3) is 0.214. The van der Waals surface area contributed by atoms with Gasteiger partial charge in [-0.1, -0.05) is 36.7 Å². The van der Waals surface area contributed by atoms with E-state index >= 15 is 0 Å². The van der Waals surface area contributed by atoms with Gasteiger partial charge in [0.2, 0.25) is 0 Å². The first kappa shape index (κ1) is 12.7. The van der Waals surface area contributed by atoms with E-state index in [-0.39, 0.29) is 0 Å². The van der Waals surface area contributed by atoms with Crippen LogP contribution in [-0.4, -0.2) is 4.98 Å². The Morgan fingerprint density at radius 3 is 2.78 bits per heavy atom. The molecule has 2 N–H and O–H groups in total. The van der Waals surface area contributed by atoms with E-state index in [9.17, 15) is 0 Å². The highest BCUT2D eigenvalue weighted by molar-refractivity contribution is 6.31. The summed E-state index contributed by atoms with van der Waals surface area (Å²) in [6, 6.07) is 11.3. The lowest BCUT2D eigenvalue weighted by atomic mass is 10.1. The average Bonchev–Trinajstić information content (AvgIpc) is 2.40. The van der Waals surface area contributed by atoms with Crippen LogP contribution in [-0.2, 0) is 13.0 Å². The number of nitrogens with zero attached hydrogens (tertiary/aromatic N) is 1. The predicted octanol–water partition coefficient (Wildman–Crippen LogP) is 3.46. The Bertz CT molecular complexity index is 543. The van der Waals surface area contributed by atoms with Crippen LogP contribution in [0.4, 0.5) is 5.82 Å². The number of aromatic nitrogens is 1. The first-order chi connectivity index (χ1) is 8.70. The van der Waals surface area contributed by atoms with Crippen molar-refractivity contribution in [2.45, 2.75) is 20.0 Å². The predicted molar refractivity (Wildman–Crippen MR) is 73.8 cm³/mol. The Morgan fingerprint density at radius 1 is 1.22 bits per heavy atom. The molecule has 0 fully saturated rings. The van der Waals surface area contributed by atoms with Crippen molar-refractivity contribution in [2.24, 2.45) is 0 Å². The maximum atomic E-state index is 6.04. The number of anilines is 1. The lowest BCUT2D eigenvalue weighted by molar-refractivity contribution is 0.298. The van der Waals surface area contributed by atoms with E-state index < -0.39 is 0 Å². The average molecular weight is 263 g/mol. The van der Waals surface area contributed by atoms with Gasteiger partial charge in [0.15, 0.2) is 0 Å². The highest BCUT2D eigenvalue weighted by Crippen LogP contribution is 2.21. The molecule has 18 heavy (non-hydrogen) atoms. The summed E-state index contributed by atoms with van der Waals surface area (Å²) in [4.78, 5) is 4.16. The summed E-state index contributed by atoms with van der Waals surface area (Å²) in [5.74, 6) is 1.31. The summed E-state index contributed by atoms with van der Waals surface area (Å²) in [5, 5.41) is 0.568. The van der Waals surface area contributed by atoms with Crippen LogP contribution in [0.5, 0.6) is 5.75 Å². The lowest BCUT2D eigenvalue weighted by Gasteiger charge is -2.10. The van der Waals surface area contributed by atoms with Crippen LogP contribution in [0.3, 0.4) is 0 Å². The fourth-order valence-corrected chi connectivity index (χ4v) is 1.85.